The molecule has 0 saturated heterocycles. The Morgan fingerprint density at radius 2 is 1.92 bits per heavy atom. The van der Waals surface area contributed by atoms with Crippen LogP contribution in [-0.2, 0) is 13.1 Å². The quantitative estimate of drug-likeness (QED) is 0.274. The summed E-state index contributed by atoms with van der Waals surface area (Å²) in [6.45, 7) is 0.963. The van der Waals surface area contributed by atoms with E-state index >= 15 is 0 Å². The smallest absolute Gasteiger partial charge is 0.141 e. The van der Waals surface area contributed by atoms with Crippen LogP contribution in [0.3, 0.4) is 0 Å². The number of benzene rings is 2. The number of halogens is 3. The van der Waals surface area contributed by atoms with Gasteiger partial charge in [-0.05, 0) is 42.0 Å². The molecule has 11 heteroatoms. The van der Waals surface area contributed by atoms with Crippen molar-refractivity contribution >= 4 is 51.2 Å². The van der Waals surface area contributed by atoms with E-state index in [0.717, 1.165) is 11.3 Å². The van der Waals surface area contributed by atoms with Crippen LogP contribution in [0.15, 0.2) is 67.3 Å². The number of rotatable bonds is 7. The molecule has 2 N–H and O–H groups in total. The normalized spacial score (nSPS) is 10.8. The largest absolute Gasteiger partial charge is 0.379 e. The zero-order chi connectivity index (χ0) is 25.1. The molecule has 5 aromatic rings. The van der Waals surface area contributed by atoms with Crippen LogP contribution in [0.2, 0.25) is 10.0 Å². The Bertz CT molecular complexity index is 1600. The highest BCUT2D eigenvalue weighted by Gasteiger charge is 2.14. The predicted octanol–water partition coefficient (Wildman–Crippen LogP) is 5.94. The lowest BCUT2D eigenvalue weighted by atomic mass is 10.1. The first kappa shape index (κ1) is 23.5. The molecule has 8 nitrogen and oxygen atoms in total. The summed E-state index contributed by atoms with van der Waals surface area (Å²) >= 11 is 12.5. The van der Waals surface area contributed by atoms with Crippen LogP contribution < -0.4 is 10.6 Å². The van der Waals surface area contributed by atoms with E-state index in [2.05, 4.69) is 37.0 Å². The van der Waals surface area contributed by atoms with Crippen molar-refractivity contribution in [2.75, 3.05) is 10.6 Å². The zero-order valence-electron chi connectivity index (χ0n) is 18.6. The second kappa shape index (κ2) is 10.2. The summed E-state index contributed by atoms with van der Waals surface area (Å²) in [5, 5.41) is 25.5. The van der Waals surface area contributed by atoms with Gasteiger partial charge in [0.15, 0.2) is 0 Å². The summed E-state index contributed by atoms with van der Waals surface area (Å²) in [5.74, 6) is -0.533. The van der Waals surface area contributed by atoms with Gasteiger partial charge in [-0.3, -0.25) is 9.97 Å². The van der Waals surface area contributed by atoms with Gasteiger partial charge in [0.25, 0.3) is 0 Å². The van der Waals surface area contributed by atoms with Crippen LogP contribution in [0.1, 0.15) is 16.8 Å². The highest BCUT2D eigenvalue weighted by atomic mass is 35.5. The summed E-state index contributed by atoms with van der Waals surface area (Å²) in [4.78, 5) is 8.46. The molecular weight excluding hydrogens is 502 g/mol. The van der Waals surface area contributed by atoms with Crippen molar-refractivity contribution in [2.24, 2.45) is 0 Å². The Kier molecular flexibility index (Phi) is 6.62. The van der Waals surface area contributed by atoms with Gasteiger partial charge in [-0.25, -0.2) is 9.07 Å². The van der Waals surface area contributed by atoms with Gasteiger partial charge in [0.2, 0.25) is 0 Å². The van der Waals surface area contributed by atoms with Crippen LogP contribution in [-0.4, -0.2) is 25.0 Å². The molecule has 0 atom stereocenters. The number of aromatic nitrogens is 5. The van der Waals surface area contributed by atoms with Crippen molar-refractivity contribution in [1.82, 2.24) is 25.0 Å². The second-order valence-corrected chi connectivity index (χ2v) is 8.70. The molecule has 36 heavy (non-hydrogen) atoms. The lowest BCUT2D eigenvalue weighted by Gasteiger charge is -2.14. The molecule has 0 radical (unpaired) electrons. The molecule has 0 aliphatic carbocycles. The molecule has 5 rings (SSSR count). The Balaban J connectivity index is 1.41. The standard InChI is InChI=1S/C25H17Cl2FN8/c26-21-7-17(3-4-23(21)28)33-24-16(9-29)11-32-25-20(24)6-18(8-22(25)27)31-12-19-14-36(35-34-19)13-15-2-1-5-30-10-15/h1-8,10-11,14,31H,12-13H2,(H,32,33). The topological polar surface area (TPSA) is 104 Å². The molecular formula is C25H17Cl2FN8. The molecule has 0 saturated carbocycles. The van der Waals surface area contributed by atoms with E-state index in [4.69, 9.17) is 23.2 Å². The minimum absolute atomic E-state index is 0.0335. The summed E-state index contributed by atoms with van der Waals surface area (Å²) < 4.78 is 15.4. The van der Waals surface area contributed by atoms with E-state index in [9.17, 15) is 9.65 Å². The summed E-state index contributed by atoms with van der Waals surface area (Å²) in [6, 6.07) is 13.8. The van der Waals surface area contributed by atoms with Crippen molar-refractivity contribution in [3.63, 3.8) is 0 Å². The average molecular weight is 519 g/mol. The van der Waals surface area contributed by atoms with E-state index in [1.165, 1.54) is 24.4 Å². The van der Waals surface area contributed by atoms with Gasteiger partial charge >= 0.3 is 0 Å². The molecule has 0 aliphatic rings. The van der Waals surface area contributed by atoms with Gasteiger partial charge < -0.3 is 10.6 Å². The van der Waals surface area contributed by atoms with Crippen LogP contribution in [0.5, 0.6) is 0 Å². The summed E-state index contributed by atoms with van der Waals surface area (Å²) in [6.07, 6.45) is 6.80. The van der Waals surface area contributed by atoms with Crippen molar-refractivity contribution in [3.05, 3.63) is 99.9 Å². The Hall–Kier alpha value is -4.26. The number of nitrogens with one attached hydrogen (secondary N) is 2. The minimum atomic E-state index is -0.533. The minimum Gasteiger partial charge on any atom is -0.379 e. The predicted molar refractivity (Wildman–Crippen MR) is 137 cm³/mol. The number of fused-ring (bicyclic) bond motifs is 1. The maximum absolute atomic E-state index is 13.6. The summed E-state index contributed by atoms with van der Waals surface area (Å²) in [7, 11) is 0. The van der Waals surface area contributed by atoms with E-state index in [1.807, 2.05) is 24.4 Å². The highest BCUT2D eigenvalue weighted by molar-refractivity contribution is 6.36. The van der Waals surface area contributed by atoms with Gasteiger partial charge in [0.05, 0.1) is 46.1 Å². The fourth-order valence-corrected chi connectivity index (χ4v) is 4.12. The first-order valence-corrected chi connectivity index (χ1v) is 11.5. The fraction of sp³-hybridized carbons (Fsp3) is 0.0800. The number of hydrogen-bond acceptors (Lipinski definition) is 7. The number of nitriles is 1. The van der Waals surface area contributed by atoms with Gasteiger partial charge in [-0.15, -0.1) is 5.10 Å². The lowest BCUT2D eigenvalue weighted by molar-refractivity contribution is 0.628. The van der Waals surface area contributed by atoms with Crippen LogP contribution in [0.4, 0.5) is 21.5 Å². The number of pyridine rings is 2. The van der Waals surface area contributed by atoms with E-state index in [1.54, 1.807) is 23.1 Å². The Morgan fingerprint density at radius 1 is 1.06 bits per heavy atom. The van der Waals surface area contributed by atoms with E-state index in [-0.39, 0.29) is 5.02 Å². The van der Waals surface area contributed by atoms with Crippen molar-refractivity contribution in [3.8, 4) is 6.07 Å². The monoisotopic (exact) mass is 518 g/mol. The fourth-order valence-electron chi connectivity index (χ4n) is 3.67. The second-order valence-electron chi connectivity index (χ2n) is 7.89. The molecule has 0 fully saturated rings. The van der Waals surface area contributed by atoms with E-state index in [0.29, 0.717) is 51.6 Å². The molecule has 3 heterocycles. The van der Waals surface area contributed by atoms with Crippen molar-refractivity contribution in [2.45, 2.75) is 13.1 Å². The molecule has 2 aromatic carbocycles. The molecule has 3 aromatic heterocycles. The highest BCUT2D eigenvalue weighted by Crippen LogP contribution is 2.35. The number of anilines is 3. The number of hydrogen-bond donors (Lipinski definition) is 2. The van der Waals surface area contributed by atoms with E-state index < -0.39 is 5.82 Å². The maximum Gasteiger partial charge on any atom is 0.141 e. The average Bonchev–Trinajstić information content (AvgIpc) is 3.33. The molecule has 178 valence electrons. The third-order valence-corrected chi connectivity index (χ3v) is 5.94. The van der Waals surface area contributed by atoms with Gasteiger partial charge in [-0.2, -0.15) is 5.26 Å². The SMILES string of the molecule is N#Cc1cnc2c(Cl)cc(NCc3cn(Cc4cccnc4)nn3)cc2c1Nc1ccc(F)c(Cl)c1. The molecule has 0 bridgehead atoms. The molecule has 0 unspecified atom stereocenters. The first-order valence-electron chi connectivity index (χ1n) is 10.8. The third kappa shape index (κ3) is 5.05. The zero-order valence-corrected chi connectivity index (χ0v) is 20.1. The van der Waals surface area contributed by atoms with Gasteiger partial charge in [0, 0.05) is 35.4 Å². The number of nitrogens with zero attached hydrogens (tertiary/aromatic N) is 6. The van der Waals surface area contributed by atoms with Gasteiger partial charge in [-0.1, -0.05) is 34.5 Å². The maximum atomic E-state index is 13.6. The third-order valence-electron chi connectivity index (χ3n) is 5.36. The molecule has 0 spiro atoms. The van der Waals surface area contributed by atoms with Crippen LogP contribution in [0, 0.1) is 17.1 Å². The summed E-state index contributed by atoms with van der Waals surface area (Å²) in [5.41, 5.74) is 4.27. The first-order chi connectivity index (χ1) is 17.5. The Morgan fingerprint density at radius 3 is 2.69 bits per heavy atom. The molecule has 0 amide bonds. The van der Waals surface area contributed by atoms with Crippen LogP contribution in [0.25, 0.3) is 10.9 Å². The van der Waals surface area contributed by atoms with Crippen LogP contribution >= 0.6 is 23.2 Å². The molecule has 0 aliphatic heterocycles. The lowest BCUT2D eigenvalue weighted by Crippen LogP contribution is -2.02. The van der Waals surface area contributed by atoms with Crippen molar-refractivity contribution in [1.29, 1.82) is 5.26 Å². The Labute approximate surface area is 215 Å². The van der Waals surface area contributed by atoms with Gasteiger partial charge in [0.1, 0.15) is 17.6 Å². The van der Waals surface area contributed by atoms with Crippen molar-refractivity contribution < 1.29 is 4.39 Å².